The van der Waals surface area contributed by atoms with Crippen molar-refractivity contribution in [3.8, 4) is 0 Å². The Morgan fingerprint density at radius 1 is 1.27 bits per heavy atom. The summed E-state index contributed by atoms with van der Waals surface area (Å²) >= 11 is 0. The van der Waals surface area contributed by atoms with E-state index in [1.54, 1.807) is 0 Å². The summed E-state index contributed by atoms with van der Waals surface area (Å²) in [4.78, 5) is 24.2. The van der Waals surface area contributed by atoms with E-state index in [4.69, 9.17) is 14.7 Å². The van der Waals surface area contributed by atoms with Crippen LogP contribution >= 0.6 is 25.1 Å². The van der Waals surface area contributed by atoms with Crippen molar-refractivity contribution in [2.75, 3.05) is 0 Å². The first-order chi connectivity index (χ1) is 4.27. The molecule has 0 aromatic heterocycles. The molecule has 0 aromatic carbocycles. The normalized spacial score (nSPS) is 16.7. The quantitative estimate of drug-likeness (QED) is 0.472. The molecule has 0 aliphatic heterocycles. The van der Waals surface area contributed by atoms with E-state index >= 15 is 0 Å². The molecule has 3 N–H and O–H groups in total. The first-order valence-electron chi connectivity index (χ1n) is 1.75. The van der Waals surface area contributed by atoms with Gasteiger partial charge in [-0.2, -0.15) is 4.31 Å². The Morgan fingerprint density at radius 2 is 1.64 bits per heavy atom. The third-order valence-corrected chi connectivity index (χ3v) is 3.08. The Kier molecular flexibility index (Phi) is 7.90. The summed E-state index contributed by atoms with van der Waals surface area (Å²) in [5.41, 5.74) is 0. The van der Waals surface area contributed by atoms with Crippen LogP contribution < -0.4 is 0 Å². The molecule has 11 heteroatoms. The molecular formula is H7CaO7P3. The Balaban J connectivity index is -0.000000135. The van der Waals surface area contributed by atoms with Gasteiger partial charge in [-0.3, -0.25) is 4.31 Å². The summed E-state index contributed by atoms with van der Waals surface area (Å²) in [5, 5.41) is 0. The van der Waals surface area contributed by atoms with Crippen LogP contribution in [0.5, 0.6) is 0 Å². The van der Waals surface area contributed by atoms with E-state index in [9.17, 15) is 9.13 Å². The molecule has 0 amide bonds. The molecule has 0 aliphatic carbocycles. The molecule has 0 spiro atoms. The first-order valence-corrected chi connectivity index (χ1v) is 5.25. The molecule has 2 atom stereocenters. The van der Waals surface area contributed by atoms with Gasteiger partial charge in [-0.25, -0.2) is 9.13 Å². The molecule has 2 unspecified atom stereocenters. The number of hydrogen-bond donors (Lipinski definition) is 3. The SMILES string of the molecule is O=P(O)(O)OP(=O)(O)OP.[Ca+2].[H-].[H-]. The molecule has 7 nitrogen and oxygen atoms in total. The smallest absolute Gasteiger partial charge is 1.00 e. The molecule has 0 aliphatic rings. The van der Waals surface area contributed by atoms with Gasteiger partial charge in [0.1, 0.15) is 0 Å². The summed E-state index contributed by atoms with van der Waals surface area (Å²) in [6.45, 7) is 0. The Bertz CT molecular complexity index is 200. The molecule has 0 radical (unpaired) electrons. The van der Waals surface area contributed by atoms with Crippen LogP contribution in [0.4, 0.5) is 0 Å². The summed E-state index contributed by atoms with van der Waals surface area (Å²) in [5.74, 6) is 0. The molecule has 0 fully saturated rings. The largest absolute Gasteiger partial charge is 2.00 e. The maximum atomic E-state index is 10.2. The third kappa shape index (κ3) is 9.87. The predicted octanol–water partition coefficient (Wildman–Crippen LogP) is -0.153. The average Bonchev–Trinajstić information content (AvgIpc) is 1.60. The first kappa shape index (κ1) is 15.4. The van der Waals surface area contributed by atoms with Crippen LogP contribution in [0.3, 0.4) is 0 Å². The van der Waals surface area contributed by atoms with Gasteiger partial charge >= 0.3 is 53.4 Å². The van der Waals surface area contributed by atoms with Crippen LogP contribution in [0.25, 0.3) is 0 Å². The van der Waals surface area contributed by atoms with E-state index in [1.807, 2.05) is 0 Å². The summed E-state index contributed by atoms with van der Waals surface area (Å²) in [6, 6.07) is 0. The Labute approximate surface area is 97.6 Å². The van der Waals surface area contributed by atoms with E-state index in [0.29, 0.717) is 0 Å². The fourth-order valence-corrected chi connectivity index (χ4v) is 1.73. The maximum absolute atomic E-state index is 10.2. The van der Waals surface area contributed by atoms with Crippen molar-refractivity contribution in [3.63, 3.8) is 0 Å². The summed E-state index contributed by atoms with van der Waals surface area (Å²) in [6.07, 6.45) is 0. The molecule has 0 bridgehead atoms. The van der Waals surface area contributed by atoms with E-state index in [-0.39, 0.29) is 40.6 Å². The molecule has 0 heterocycles. The van der Waals surface area contributed by atoms with Crippen molar-refractivity contribution < 1.29 is 35.3 Å². The zero-order valence-electron chi connectivity index (χ0n) is 7.15. The van der Waals surface area contributed by atoms with Crippen LogP contribution in [0.15, 0.2) is 0 Å². The van der Waals surface area contributed by atoms with Gasteiger partial charge in [-0.15, -0.1) is 0 Å². The van der Waals surface area contributed by atoms with Gasteiger partial charge in [-0.05, 0) is 0 Å². The van der Waals surface area contributed by atoms with Gasteiger partial charge in [0.2, 0.25) is 0 Å². The molecule has 11 heavy (non-hydrogen) atoms. The minimum Gasteiger partial charge on any atom is -1.00 e. The Hall–Kier alpha value is 1.95. The summed E-state index contributed by atoms with van der Waals surface area (Å²) in [7, 11) is -8.20. The van der Waals surface area contributed by atoms with Crippen LogP contribution in [-0.2, 0) is 17.8 Å². The van der Waals surface area contributed by atoms with Gasteiger partial charge < -0.3 is 17.5 Å². The Morgan fingerprint density at radius 3 is 1.73 bits per heavy atom. The maximum Gasteiger partial charge on any atom is 2.00 e. The molecule has 0 saturated carbocycles. The van der Waals surface area contributed by atoms with Gasteiger partial charge in [0, 0.05) is 9.47 Å². The van der Waals surface area contributed by atoms with Gasteiger partial charge in [0.05, 0.1) is 0 Å². The molecule has 0 rings (SSSR count). The van der Waals surface area contributed by atoms with Crippen molar-refractivity contribution in [2.24, 2.45) is 0 Å². The van der Waals surface area contributed by atoms with Crippen molar-refractivity contribution in [1.29, 1.82) is 0 Å². The summed E-state index contributed by atoms with van der Waals surface area (Å²) < 4.78 is 27.0. The second kappa shape index (κ2) is 5.63. The fourth-order valence-electron chi connectivity index (χ4n) is 0.154. The van der Waals surface area contributed by atoms with Crippen molar-refractivity contribution in [2.45, 2.75) is 0 Å². The van der Waals surface area contributed by atoms with E-state index < -0.39 is 15.6 Å². The molecule has 66 valence electrons. The van der Waals surface area contributed by atoms with Gasteiger partial charge in [0.25, 0.3) is 0 Å². The fraction of sp³-hybridized carbons (Fsp3) is 0. The standard InChI is InChI=1S/Ca.H5O7P3.2H/c;1-9(2,3)7-10(4,5)6-8;;/h;8H2,(H,4,5)(H2,1,2,3);;/q+2;;2*-1. The van der Waals surface area contributed by atoms with Crippen molar-refractivity contribution >= 4 is 62.9 Å². The van der Waals surface area contributed by atoms with E-state index in [0.717, 1.165) is 0 Å². The zero-order chi connectivity index (χ0) is 8.41. The third-order valence-electron chi connectivity index (χ3n) is 0.343. The zero-order valence-corrected chi connectivity index (χ0v) is 10.3. The molecule has 0 saturated heterocycles. The minimum atomic E-state index is -4.96. The predicted molar refractivity (Wildman–Crippen MR) is 41.7 cm³/mol. The number of rotatable bonds is 3. The average molecular weight is 252 g/mol. The van der Waals surface area contributed by atoms with E-state index in [1.165, 1.54) is 9.47 Å². The second-order valence-corrected chi connectivity index (χ2v) is 4.56. The van der Waals surface area contributed by atoms with Gasteiger partial charge in [0.15, 0.2) is 0 Å². The van der Waals surface area contributed by atoms with E-state index in [2.05, 4.69) is 8.62 Å². The monoisotopic (exact) mass is 252 g/mol. The van der Waals surface area contributed by atoms with Crippen LogP contribution in [0, 0.1) is 0 Å². The molecular weight excluding hydrogens is 245 g/mol. The molecule has 0 aromatic rings. The topological polar surface area (TPSA) is 113 Å². The van der Waals surface area contributed by atoms with Crippen LogP contribution in [0.2, 0.25) is 0 Å². The van der Waals surface area contributed by atoms with Gasteiger partial charge in [-0.1, -0.05) is 0 Å². The number of phosphoric acid groups is 2. The number of hydrogen-bond acceptors (Lipinski definition) is 4. The van der Waals surface area contributed by atoms with Crippen LogP contribution in [0.1, 0.15) is 2.85 Å². The van der Waals surface area contributed by atoms with Crippen molar-refractivity contribution in [3.05, 3.63) is 0 Å². The minimum absolute atomic E-state index is 0. The van der Waals surface area contributed by atoms with Crippen molar-refractivity contribution in [1.82, 2.24) is 0 Å². The van der Waals surface area contributed by atoms with Crippen LogP contribution in [-0.4, -0.2) is 52.4 Å². The second-order valence-electron chi connectivity index (χ2n) is 1.15.